The fraction of sp³-hybridized carbons (Fsp3) is 0.250. The van der Waals surface area contributed by atoms with Crippen molar-refractivity contribution in [1.29, 1.82) is 0 Å². The first-order chi connectivity index (χ1) is 14.5. The average molecular weight is 445 g/mol. The number of para-hydroxylation sites is 1. The molecule has 0 atom stereocenters. The molecule has 0 aliphatic carbocycles. The van der Waals surface area contributed by atoms with Crippen LogP contribution in [-0.2, 0) is 22.2 Å². The lowest BCUT2D eigenvalue weighted by Gasteiger charge is -2.30. The number of fused-ring (bicyclic) bond motifs is 1. The highest BCUT2D eigenvalue weighted by molar-refractivity contribution is 7.97. The number of thioether (sulfide) groups is 1. The summed E-state index contributed by atoms with van der Waals surface area (Å²) in [6.45, 7) is 0.428. The summed E-state index contributed by atoms with van der Waals surface area (Å²) < 4.78 is 33.1. The number of nitrogens with one attached hydrogen (secondary N) is 1. The van der Waals surface area contributed by atoms with Gasteiger partial charge in [0.2, 0.25) is 5.89 Å². The average Bonchev–Trinajstić information content (AvgIpc) is 3.20. The predicted octanol–water partition coefficient (Wildman–Crippen LogP) is 3.33. The van der Waals surface area contributed by atoms with Crippen molar-refractivity contribution in [2.24, 2.45) is 0 Å². The van der Waals surface area contributed by atoms with E-state index in [1.54, 1.807) is 0 Å². The van der Waals surface area contributed by atoms with Gasteiger partial charge in [0.05, 0.1) is 16.3 Å². The normalized spacial score (nSPS) is 13.7. The van der Waals surface area contributed by atoms with Gasteiger partial charge in [0, 0.05) is 12.1 Å². The molecule has 1 aliphatic heterocycles. The van der Waals surface area contributed by atoms with E-state index < -0.39 is 15.9 Å². The smallest absolute Gasteiger partial charge is 0.322 e. The summed E-state index contributed by atoms with van der Waals surface area (Å²) in [4.78, 5) is 12.5. The molecule has 0 fully saturated rings. The number of sulfonamides is 1. The molecule has 0 saturated heterocycles. The number of hydrogen-bond acceptors (Lipinski definition) is 7. The standard InChI is InChI=1S/C20H20N4O4S2/c1-29-13-18-22-23-20(28-18)21-19(25)15-8-10-16(11-9-15)30(26,27)24-12-4-6-14-5-2-3-7-17(14)24/h2-3,5,7-11H,4,6,12-13H2,1H3,(H,21,23,25). The number of carbonyl (C=O) groups is 1. The fourth-order valence-electron chi connectivity index (χ4n) is 3.31. The van der Waals surface area contributed by atoms with E-state index in [1.165, 1.54) is 40.3 Å². The summed E-state index contributed by atoms with van der Waals surface area (Å²) in [7, 11) is -3.72. The summed E-state index contributed by atoms with van der Waals surface area (Å²) in [6.07, 6.45) is 3.52. The lowest BCUT2D eigenvalue weighted by Crippen LogP contribution is -2.35. The Morgan fingerprint density at radius 3 is 2.70 bits per heavy atom. The number of aryl methyl sites for hydroxylation is 1. The van der Waals surface area contributed by atoms with Gasteiger partial charge >= 0.3 is 6.01 Å². The van der Waals surface area contributed by atoms with Gasteiger partial charge in [0.1, 0.15) is 0 Å². The second-order valence-corrected chi connectivity index (χ2v) is 9.45. The molecule has 2 aromatic carbocycles. The number of benzene rings is 2. The first-order valence-electron chi connectivity index (χ1n) is 9.32. The van der Waals surface area contributed by atoms with E-state index in [0.717, 1.165) is 18.4 Å². The van der Waals surface area contributed by atoms with Crippen molar-refractivity contribution < 1.29 is 17.6 Å². The lowest BCUT2D eigenvalue weighted by atomic mass is 10.0. The predicted molar refractivity (Wildman–Crippen MR) is 115 cm³/mol. The molecule has 4 rings (SSSR count). The molecule has 30 heavy (non-hydrogen) atoms. The maximum Gasteiger partial charge on any atom is 0.322 e. The van der Waals surface area contributed by atoms with Gasteiger partial charge in [0.15, 0.2) is 0 Å². The van der Waals surface area contributed by atoms with Crippen molar-refractivity contribution in [3.05, 3.63) is 65.5 Å². The minimum absolute atomic E-state index is 0.00525. The minimum Gasteiger partial charge on any atom is -0.407 e. The van der Waals surface area contributed by atoms with Crippen LogP contribution in [0.3, 0.4) is 0 Å². The van der Waals surface area contributed by atoms with E-state index in [0.29, 0.717) is 23.9 Å². The van der Waals surface area contributed by atoms with Crippen molar-refractivity contribution in [2.45, 2.75) is 23.5 Å². The van der Waals surface area contributed by atoms with Gasteiger partial charge in [-0.3, -0.25) is 14.4 Å². The Balaban J connectivity index is 1.52. The van der Waals surface area contributed by atoms with Crippen LogP contribution in [0.4, 0.5) is 11.7 Å². The van der Waals surface area contributed by atoms with Gasteiger partial charge in [-0.2, -0.15) is 11.8 Å². The highest BCUT2D eigenvalue weighted by atomic mass is 32.2. The van der Waals surface area contributed by atoms with Crippen LogP contribution >= 0.6 is 11.8 Å². The van der Waals surface area contributed by atoms with Crippen LogP contribution in [0.25, 0.3) is 0 Å². The zero-order valence-electron chi connectivity index (χ0n) is 16.2. The third kappa shape index (κ3) is 4.05. The van der Waals surface area contributed by atoms with Crippen LogP contribution < -0.4 is 9.62 Å². The van der Waals surface area contributed by atoms with Crippen LogP contribution in [0.1, 0.15) is 28.2 Å². The molecule has 0 bridgehead atoms. The molecule has 0 unspecified atom stereocenters. The van der Waals surface area contributed by atoms with Gasteiger partial charge in [-0.05, 0) is 55.0 Å². The Labute approximate surface area is 178 Å². The van der Waals surface area contributed by atoms with Crippen LogP contribution in [-0.4, -0.2) is 37.3 Å². The number of rotatable bonds is 6. The Bertz CT molecular complexity index is 1160. The van der Waals surface area contributed by atoms with Gasteiger partial charge in [-0.15, -0.1) is 5.10 Å². The molecule has 8 nitrogen and oxygen atoms in total. The maximum absolute atomic E-state index is 13.2. The zero-order valence-corrected chi connectivity index (χ0v) is 17.9. The number of hydrogen-bond donors (Lipinski definition) is 1. The highest BCUT2D eigenvalue weighted by Gasteiger charge is 2.29. The Morgan fingerprint density at radius 1 is 1.17 bits per heavy atom. The van der Waals surface area contributed by atoms with Crippen molar-refractivity contribution >= 4 is 39.4 Å². The van der Waals surface area contributed by atoms with E-state index in [9.17, 15) is 13.2 Å². The van der Waals surface area contributed by atoms with Gasteiger partial charge in [0.25, 0.3) is 15.9 Å². The Hall–Kier alpha value is -2.85. The molecule has 0 radical (unpaired) electrons. The molecule has 2 heterocycles. The molecule has 10 heteroatoms. The molecule has 1 aromatic heterocycles. The lowest BCUT2D eigenvalue weighted by molar-refractivity contribution is 0.102. The molecule has 0 spiro atoms. The summed E-state index contributed by atoms with van der Waals surface area (Å²) >= 11 is 1.52. The molecule has 1 aliphatic rings. The largest absolute Gasteiger partial charge is 0.407 e. The Kier molecular flexibility index (Phi) is 5.78. The number of amides is 1. The molecule has 1 N–H and O–H groups in total. The van der Waals surface area contributed by atoms with E-state index in [2.05, 4.69) is 15.5 Å². The van der Waals surface area contributed by atoms with Crippen LogP contribution in [0.5, 0.6) is 0 Å². The van der Waals surface area contributed by atoms with E-state index >= 15 is 0 Å². The first kappa shape index (κ1) is 20.4. The summed E-state index contributed by atoms with van der Waals surface area (Å²) in [6, 6.07) is 13.3. The molecular weight excluding hydrogens is 424 g/mol. The van der Waals surface area contributed by atoms with E-state index in [4.69, 9.17) is 4.42 Å². The molecule has 1 amide bonds. The number of aromatic nitrogens is 2. The quantitative estimate of drug-likeness (QED) is 0.622. The van der Waals surface area contributed by atoms with Crippen LogP contribution in [0, 0.1) is 0 Å². The van der Waals surface area contributed by atoms with Crippen LogP contribution in [0.2, 0.25) is 0 Å². The van der Waals surface area contributed by atoms with Crippen molar-refractivity contribution in [3.8, 4) is 0 Å². The summed E-state index contributed by atoms with van der Waals surface area (Å²) in [5, 5.41) is 10.1. The van der Waals surface area contributed by atoms with Crippen molar-refractivity contribution in [3.63, 3.8) is 0 Å². The SMILES string of the molecule is CSCc1nnc(NC(=O)c2ccc(S(=O)(=O)N3CCCc4ccccc43)cc2)o1. The monoisotopic (exact) mass is 444 g/mol. The van der Waals surface area contributed by atoms with Gasteiger partial charge in [-0.25, -0.2) is 8.42 Å². The van der Waals surface area contributed by atoms with Crippen molar-refractivity contribution in [2.75, 3.05) is 22.4 Å². The summed E-state index contributed by atoms with van der Waals surface area (Å²) in [5.41, 5.74) is 2.02. The van der Waals surface area contributed by atoms with E-state index in [-0.39, 0.29) is 16.5 Å². The third-order valence-corrected chi connectivity index (χ3v) is 7.09. The maximum atomic E-state index is 13.2. The molecule has 3 aromatic rings. The summed E-state index contributed by atoms with van der Waals surface area (Å²) in [5.74, 6) is 0.511. The Morgan fingerprint density at radius 2 is 1.93 bits per heavy atom. The molecule has 156 valence electrons. The fourth-order valence-corrected chi connectivity index (χ4v) is 5.21. The number of anilines is 2. The second kappa shape index (κ2) is 8.49. The topological polar surface area (TPSA) is 105 Å². The van der Waals surface area contributed by atoms with Gasteiger partial charge < -0.3 is 4.42 Å². The number of nitrogens with zero attached hydrogens (tertiary/aromatic N) is 3. The third-order valence-electron chi connectivity index (χ3n) is 4.73. The first-order valence-corrected chi connectivity index (χ1v) is 12.2. The zero-order chi connectivity index (χ0) is 21.1. The molecule has 0 saturated carbocycles. The van der Waals surface area contributed by atoms with Crippen LogP contribution in [0.15, 0.2) is 57.8 Å². The molecular formula is C20H20N4O4S2. The second-order valence-electron chi connectivity index (χ2n) is 6.72. The van der Waals surface area contributed by atoms with Crippen molar-refractivity contribution in [1.82, 2.24) is 10.2 Å². The highest BCUT2D eigenvalue weighted by Crippen LogP contribution is 2.31. The number of carbonyl (C=O) groups excluding carboxylic acids is 1. The van der Waals surface area contributed by atoms with E-state index in [1.807, 2.05) is 30.5 Å². The minimum atomic E-state index is -3.72. The van der Waals surface area contributed by atoms with Gasteiger partial charge in [-0.1, -0.05) is 23.3 Å².